The minimum Gasteiger partial charge on any atom is -0.312 e. The minimum atomic E-state index is -0.511. The summed E-state index contributed by atoms with van der Waals surface area (Å²) in [6, 6.07) is 7.96. The van der Waals surface area contributed by atoms with E-state index in [-0.39, 0.29) is 0 Å². The predicted molar refractivity (Wildman–Crippen MR) is 67.1 cm³/mol. The predicted octanol–water partition coefficient (Wildman–Crippen LogP) is 4.51. The van der Waals surface area contributed by atoms with Gasteiger partial charge >= 0.3 is 5.37 Å². The molecule has 1 aromatic rings. The molecule has 2 nitrogen and oxygen atoms in total. The molecule has 1 saturated carbocycles. The number of anilines is 1. The van der Waals surface area contributed by atoms with Crippen molar-refractivity contribution in [2.45, 2.75) is 38.0 Å². The molecule has 1 fully saturated rings. The van der Waals surface area contributed by atoms with E-state index in [2.05, 4.69) is 11.4 Å². The van der Waals surface area contributed by atoms with Gasteiger partial charge in [-0.05, 0) is 42.0 Å². The number of hydrogen-bond acceptors (Lipinski definition) is 1. The van der Waals surface area contributed by atoms with Crippen molar-refractivity contribution in [3.63, 3.8) is 0 Å². The van der Waals surface area contributed by atoms with Gasteiger partial charge < -0.3 is 5.32 Å². The molecular formula is C13H16ClNO. The fraction of sp³-hybridized carbons (Fsp3) is 0.462. The van der Waals surface area contributed by atoms with E-state index in [1.807, 2.05) is 18.2 Å². The summed E-state index contributed by atoms with van der Waals surface area (Å²) >= 11 is 5.37. The topological polar surface area (TPSA) is 29.1 Å². The normalized spacial score (nSPS) is 17.1. The van der Waals surface area contributed by atoms with Crippen LogP contribution in [0.25, 0.3) is 0 Å². The number of para-hydroxylation sites is 1. The van der Waals surface area contributed by atoms with Crippen molar-refractivity contribution >= 4 is 22.7 Å². The Morgan fingerprint density at radius 2 is 1.88 bits per heavy atom. The Kier molecular flexibility index (Phi) is 3.83. The minimum absolute atomic E-state index is 0.511. The van der Waals surface area contributed by atoms with E-state index in [0.29, 0.717) is 5.92 Å². The van der Waals surface area contributed by atoms with Crippen LogP contribution in [0.2, 0.25) is 0 Å². The van der Waals surface area contributed by atoms with Crippen molar-refractivity contribution < 1.29 is 4.79 Å². The maximum Gasteiger partial charge on any atom is 0.318 e. The molecule has 0 bridgehead atoms. The molecule has 0 saturated heterocycles. The maximum absolute atomic E-state index is 10.9. The molecule has 0 aromatic heterocycles. The van der Waals surface area contributed by atoms with Crippen LogP contribution in [0.4, 0.5) is 10.5 Å². The van der Waals surface area contributed by atoms with Gasteiger partial charge in [0.05, 0.1) is 0 Å². The van der Waals surface area contributed by atoms with Gasteiger partial charge in [0.2, 0.25) is 0 Å². The number of carbonyl (C=O) groups is 1. The average Bonchev–Trinajstić information content (AvgIpc) is 2.30. The van der Waals surface area contributed by atoms with Crippen molar-refractivity contribution in [1.82, 2.24) is 0 Å². The average molecular weight is 238 g/mol. The molecule has 0 atom stereocenters. The molecule has 1 N–H and O–H groups in total. The van der Waals surface area contributed by atoms with E-state index in [9.17, 15) is 4.79 Å². The first-order valence-electron chi connectivity index (χ1n) is 5.83. The van der Waals surface area contributed by atoms with E-state index in [1.54, 1.807) is 0 Å². The van der Waals surface area contributed by atoms with Gasteiger partial charge in [-0.1, -0.05) is 37.5 Å². The van der Waals surface area contributed by atoms with Crippen LogP contribution in [0.1, 0.15) is 43.6 Å². The number of nitrogens with one attached hydrogen (secondary N) is 1. The van der Waals surface area contributed by atoms with Crippen molar-refractivity contribution in [1.29, 1.82) is 0 Å². The molecule has 0 heterocycles. The van der Waals surface area contributed by atoms with Crippen LogP contribution < -0.4 is 5.32 Å². The highest BCUT2D eigenvalue weighted by Gasteiger charge is 2.18. The second kappa shape index (κ2) is 5.35. The third-order valence-corrected chi connectivity index (χ3v) is 3.33. The third kappa shape index (κ3) is 2.76. The Hall–Kier alpha value is -1.02. The number of amides is 1. The van der Waals surface area contributed by atoms with Crippen LogP contribution in [0.3, 0.4) is 0 Å². The summed E-state index contributed by atoms with van der Waals surface area (Å²) in [6.45, 7) is 0. The molecular weight excluding hydrogens is 222 g/mol. The summed E-state index contributed by atoms with van der Waals surface area (Å²) < 4.78 is 0. The van der Waals surface area contributed by atoms with Crippen molar-refractivity contribution in [2.75, 3.05) is 5.32 Å². The molecule has 1 aliphatic carbocycles. The summed E-state index contributed by atoms with van der Waals surface area (Å²) in [5.41, 5.74) is 2.10. The Labute approximate surface area is 101 Å². The molecule has 0 spiro atoms. The highest BCUT2D eigenvalue weighted by atomic mass is 35.5. The Bertz CT molecular complexity index is 372. The molecule has 0 aliphatic heterocycles. The van der Waals surface area contributed by atoms with Gasteiger partial charge in [0, 0.05) is 5.69 Å². The van der Waals surface area contributed by atoms with E-state index in [0.717, 1.165) is 5.69 Å². The first-order chi connectivity index (χ1) is 7.77. The van der Waals surface area contributed by atoms with E-state index in [1.165, 1.54) is 37.7 Å². The first-order valence-corrected chi connectivity index (χ1v) is 6.20. The molecule has 1 amide bonds. The lowest BCUT2D eigenvalue weighted by Crippen LogP contribution is -2.10. The summed E-state index contributed by atoms with van der Waals surface area (Å²) in [5, 5.41) is 2.19. The number of rotatable bonds is 2. The van der Waals surface area contributed by atoms with Gasteiger partial charge in [-0.2, -0.15) is 0 Å². The van der Waals surface area contributed by atoms with Gasteiger partial charge in [-0.15, -0.1) is 0 Å². The summed E-state index contributed by atoms with van der Waals surface area (Å²) in [4.78, 5) is 10.9. The Morgan fingerprint density at radius 3 is 2.56 bits per heavy atom. The third-order valence-electron chi connectivity index (χ3n) is 3.24. The van der Waals surface area contributed by atoms with Gasteiger partial charge in [0.1, 0.15) is 0 Å². The second-order valence-electron chi connectivity index (χ2n) is 4.32. The molecule has 86 valence electrons. The van der Waals surface area contributed by atoms with Crippen LogP contribution >= 0.6 is 11.6 Å². The van der Waals surface area contributed by atoms with Crippen molar-refractivity contribution in [3.8, 4) is 0 Å². The summed E-state index contributed by atoms with van der Waals surface area (Å²) in [7, 11) is 0. The fourth-order valence-corrected chi connectivity index (χ4v) is 2.59. The Morgan fingerprint density at radius 1 is 1.19 bits per heavy atom. The quantitative estimate of drug-likeness (QED) is 0.595. The first kappa shape index (κ1) is 11.5. The largest absolute Gasteiger partial charge is 0.318 e. The highest BCUT2D eigenvalue weighted by Crippen LogP contribution is 2.36. The fourth-order valence-electron chi connectivity index (χ4n) is 2.49. The van der Waals surface area contributed by atoms with E-state index in [4.69, 9.17) is 11.6 Å². The number of benzene rings is 1. The standard InChI is InChI=1S/C13H16ClNO/c14-13(16)15-12-9-5-4-8-11(12)10-6-2-1-3-7-10/h4-5,8-10H,1-3,6-7H2,(H,15,16). The molecule has 1 aromatic carbocycles. The van der Waals surface area contributed by atoms with E-state index >= 15 is 0 Å². The maximum atomic E-state index is 10.9. The molecule has 2 rings (SSSR count). The van der Waals surface area contributed by atoms with Crippen LogP contribution in [0, 0.1) is 0 Å². The van der Waals surface area contributed by atoms with Gasteiger partial charge in [0.15, 0.2) is 0 Å². The van der Waals surface area contributed by atoms with Crippen LogP contribution in [0.15, 0.2) is 24.3 Å². The monoisotopic (exact) mass is 237 g/mol. The lowest BCUT2D eigenvalue weighted by molar-refractivity contribution is 0.269. The van der Waals surface area contributed by atoms with Crippen molar-refractivity contribution in [2.24, 2.45) is 0 Å². The lowest BCUT2D eigenvalue weighted by atomic mass is 9.83. The number of carbonyl (C=O) groups excluding carboxylic acids is 1. The molecule has 16 heavy (non-hydrogen) atoms. The van der Waals surface area contributed by atoms with Gasteiger partial charge in [0.25, 0.3) is 0 Å². The molecule has 0 radical (unpaired) electrons. The lowest BCUT2D eigenvalue weighted by Gasteiger charge is -2.24. The van der Waals surface area contributed by atoms with E-state index < -0.39 is 5.37 Å². The van der Waals surface area contributed by atoms with Crippen molar-refractivity contribution in [3.05, 3.63) is 29.8 Å². The molecule has 0 unspecified atom stereocenters. The zero-order valence-corrected chi connectivity index (χ0v) is 9.96. The SMILES string of the molecule is O=C(Cl)Nc1ccccc1C1CCCCC1. The van der Waals surface area contributed by atoms with Gasteiger partial charge in [-0.3, -0.25) is 4.79 Å². The summed E-state index contributed by atoms with van der Waals surface area (Å²) in [5.74, 6) is 0.577. The van der Waals surface area contributed by atoms with Crippen LogP contribution in [-0.4, -0.2) is 5.37 Å². The smallest absolute Gasteiger partial charge is 0.312 e. The molecule has 1 aliphatic rings. The van der Waals surface area contributed by atoms with Gasteiger partial charge in [-0.25, -0.2) is 0 Å². The number of halogens is 1. The zero-order chi connectivity index (χ0) is 11.4. The van der Waals surface area contributed by atoms with Crippen LogP contribution in [0.5, 0.6) is 0 Å². The van der Waals surface area contributed by atoms with Crippen LogP contribution in [-0.2, 0) is 0 Å². The molecule has 3 heteroatoms. The Balaban J connectivity index is 2.20. The summed E-state index contributed by atoms with van der Waals surface area (Å²) in [6.07, 6.45) is 6.34. The zero-order valence-electron chi connectivity index (χ0n) is 9.21. The second-order valence-corrected chi connectivity index (χ2v) is 4.66. The highest BCUT2D eigenvalue weighted by molar-refractivity contribution is 6.65. The number of hydrogen-bond donors (Lipinski definition) is 1.